The van der Waals surface area contributed by atoms with Crippen molar-refractivity contribution < 1.29 is 9.84 Å². The van der Waals surface area contributed by atoms with Crippen molar-refractivity contribution in [3.63, 3.8) is 0 Å². The van der Waals surface area contributed by atoms with Crippen LogP contribution in [-0.2, 0) is 11.2 Å². The van der Waals surface area contributed by atoms with Gasteiger partial charge in [0.25, 0.3) is 0 Å². The zero-order valence-electron chi connectivity index (χ0n) is 10.3. The quantitative estimate of drug-likeness (QED) is 0.867. The first-order valence-electron chi connectivity index (χ1n) is 6.61. The number of fused-ring (bicyclic) bond motifs is 2. The Bertz CT molecular complexity index is 384. The molecule has 2 heterocycles. The van der Waals surface area contributed by atoms with E-state index in [2.05, 4.69) is 31.2 Å². The molecule has 0 saturated carbocycles. The largest absolute Gasteiger partial charge is 0.392 e. The van der Waals surface area contributed by atoms with Gasteiger partial charge in [-0.1, -0.05) is 29.8 Å². The number of rotatable bonds is 3. The summed E-state index contributed by atoms with van der Waals surface area (Å²) in [5.74, 6) is 0.357. The van der Waals surface area contributed by atoms with Gasteiger partial charge in [-0.3, -0.25) is 0 Å². The maximum atomic E-state index is 10.3. The Morgan fingerprint density at radius 1 is 1.29 bits per heavy atom. The van der Waals surface area contributed by atoms with E-state index in [0.717, 1.165) is 19.3 Å². The molecule has 0 aromatic heterocycles. The highest BCUT2D eigenvalue weighted by Gasteiger charge is 2.43. The summed E-state index contributed by atoms with van der Waals surface area (Å²) in [5.41, 5.74) is 2.50. The summed E-state index contributed by atoms with van der Waals surface area (Å²) < 4.78 is 5.80. The highest BCUT2D eigenvalue weighted by Crippen LogP contribution is 2.40. The fraction of sp³-hybridized carbons (Fsp3) is 0.600. The van der Waals surface area contributed by atoms with Crippen molar-refractivity contribution in [3.05, 3.63) is 35.4 Å². The van der Waals surface area contributed by atoms with Crippen LogP contribution in [0.1, 0.15) is 30.4 Å². The fourth-order valence-corrected chi connectivity index (χ4v) is 3.20. The van der Waals surface area contributed by atoms with Gasteiger partial charge in [0.2, 0.25) is 0 Å². The Morgan fingerprint density at radius 3 is 2.65 bits per heavy atom. The maximum Gasteiger partial charge on any atom is 0.0634 e. The number of hydrogen-bond donors (Lipinski definition) is 1. The molecule has 3 rings (SSSR count). The Labute approximate surface area is 103 Å². The van der Waals surface area contributed by atoms with Gasteiger partial charge in [0, 0.05) is 5.92 Å². The first-order valence-corrected chi connectivity index (χ1v) is 6.61. The molecule has 0 amide bonds. The molecule has 2 heteroatoms. The van der Waals surface area contributed by atoms with Crippen LogP contribution in [0.3, 0.4) is 0 Å². The summed E-state index contributed by atoms with van der Waals surface area (Å²) in [6.45, 7) is 2.09. The molecule has 92 valence electrons. The standard InChI is InChI=1S/C15H20O2/c1-10-2-4-11(5-3-10)8-14(16)13-9-12-6-7-15(13)17-12/h2-5,12-16H,6-9H2,1H3. The molecule has 2 nitrogen and oxygen atoms in total. The molecule has 0 aliphatic carbocycles. The molecule has 4 unspecified atom stereocenters. The van der Waals surface area contributed by atoms with Gasteiger partial charge in [-0.15, -0.1) is 0 Å². The van der Waals surface area contributed by atoms with Gasteiger partial charge in [0.1, 0.15) is 0 Å². The van der Waals surface area contributed by atoms with Gasteiger partial charge < -0.3 is 9.84 Å². The van der Waals surface area contributed by atoms with E-state index in [1.54, 1.807) is 0 Å². The lowest BCUT2D eigenvalue weighted by molar-refractivity contribution is 0.0432. The van der Waals surface area contributed by atoms with E-state index >= 15 is 0 Å². The summed E-state index contributed by atoms with van der Waals surface area (Å²) in [7, 11) is 0. The van der Waals surface area contributed by atoms with E-state index in [9.17, 15) is 5.11 Å². The van der Waals surface area contributed by atoms with Crippen molar-refractivity contribution in [3.8, 4) is 0 Å². The van der Waals surface area contributed by atoms with Crippen LogP contribution in [0.25, 0.3) is 0 Å². The third kappa shape index (κ3) is 2.24. The molecule has 1 aromatic rings. The predicted molar refractivity (Wildman–Crippen MR) is 66.9 cm³/mol. The first kappa shape index (κ1) is 11.2. The van der Waals surface area contributed by atoms with Crippen molar-refractivity contribution >= 4 is 0 Å². The monoisotopic (exact) mass is 232 g/mol. The molecule has 2 bridgehead atoms. The van der Waals surface area contributed by atoms with E-state index < -0.39 is 0 Å². The number of aliphatic hydroxyl groups is 1. The van der Waals surface area contributed by atoms with Gasteiger partial charge in [-0.05, 0) is 38.2 Å². The van der Waals surface area contributed by atoms with Crippen LogP contribution in [0.4, 0.5) is 0 Å². The summed E-state index contributed by atoms with van der Waals surface area (Å²) in [5, 5.41) is 10.3. The second-order valence-corrected chi connectivity index (χ2v) is 5.53. The minimum atomic E-state index is -0.243. The molecule has 0 spiro atoms. The number of ether oxygens (including phenoxy) is 1. The van der Waals surface area contributed by atoms with Gasteiger partial charge in [-0.25, -0.2) is 0 Å². The average Bonchev–Trinajstić information content (AvgIpc) is 2.94. The lowest BCUT2D eigenvalue weighted by Crippen LogP contribution is -2.30. The Kier molecular flexibility index (Phi) is 2.93. The van der Waals surface area contributed by atoms with Crippen LogP contribution in [0.5, 0.6) is 0 Å². The average molecular weight is 232 g/mol. The van der Waals surface area contributed by atoms with Gasteiger partial charge in [-0.2, -0.15) is 0 Å². The van der Waals surface area contributed by atoms with Crippen molar-refractivity contribution in [2.75, 3.05) is 0 Å². The van der Waals surface area contributed by atoms with Crippen LogP contribution in [0, 0.1) is 12.8 Å². The van der Waals surface area contributed by atoms with Crippen molar-refractivity contribution in [1.82, 2.24) is 0 Å². The van der Waals surface area contributed by atoms with Gasteiger partial charge in [0.05, 0.1) is 18.3 Å². The summed E-state index contributed by atoms with van der Waals surface area (Å²) in [6.07, 6.45) is 4.65. The Morgan fingerprint density at radius 2 is 2.06 bits per heavy atom. The number of hydrogen-bond acceptors (Lipinski definition) is 2. The molecule has 17 heavy (non-hydrogen) atoms. The zero-order chi connectivity index (χ0) is 11.8. The second kappa shape index (κ2) is 4.43. The molecule has 2 saturated heterocycles. The lowest BCUT2D eigenvalue weighted by atomic mass is 9.83. The van der Waals surface area contributed by atoms with Crippen LogP contribution in [0.15, 0.2) is 24.3 Å². The van der Waals surface area contributed by atoms with Crippen LogP contribution in [-0.4, -0.2) is 23.4 Å². The number of aliphatic hydroxyl groups excluding tert-OH is 1. The SMILES string of the molecule is Cc1ccc(CC(O)C2CC3CCC2O3)cc1. The molecule has 4 atom stereocenters. The third-order valence-corrected chi connectivity index (χ3v) is 4.21. The lowest BCUT2D eigenvalue weighted by Gasteiger charge is -2.24. The van der Waals surface area contributed by atoms with Gasteiger partial charge >= 0.3 is 0 Å². The fourth-order valence-electron chi connectivity index (χ4n) is 3.20. The smallest absolute Gasteiger partial charge is 0.0634 e. The molecule has 2 aliphatic rings. The van der Waals surface area contributed by atoms with Crippen molar-refractivity contribution in [2.45, 2.75) is 50.9 Å². The van der Waals surface area contributed by atoms with E-state index in [-0.39, 0.29) is 6.10 Å². The zero-order valence-corrected chi connectivity index (χ0v) is 10.3. The normalized spacial score (nSPS) is 32.9. The Balaban J connectivity index is 1.63. The highest BCUT2D eigenvalue weighted by atomic mass is 16.5. The van der Waals surface area contributed by atoms with Crippen molar-refractivity contribution in [1.29, 1.82) is 0 Å². The molecule has 1 N–H and O–H groups in total. The van der Waals surface area contributed by atoms with E-state index in [1.807, 2.05) is 0 Å². The summed E-state index contributed by atoms with van der Waals surface area (Å²) >= 11 is 0. The van der Waals surface area contributed by atoms with Crippen LogP contribution in [0.2, 0.25) is 0 Å². The molecule has 2 fully saturated rings. The molecule has 0 radical (unpaired) electrons. The highest BCUT2D eigenvalue weighted by molar-refractivity contribution is 5.22. The van der Waals surface area contributed by atoms with E-state index in [4.69, 9.17) is 4.74 Å². The topological polar surface area (TPSA) is 29.5 Å². The molecular formula is C15H20O2. The maximum absolute atomic E-state index is 10.3. The van der Waals surface area contributed by atoms with Gasteiger partial charge in [0.15, 0.2) is 0 Å². The predicted octanol–water partition coefficient (Wildman–Crippen LogP) is 2.47. The third-order valence-electron chi connectivity index (χ3n) is 4.21. The van der Waals surface area contributed by atoms with E-state index in [0.29, 0.717) is 18.1 Å². The molecule has 1 aromatic carbocycles. The summed E-state index contributed by atoms with van der Waals surface area (Å²) in [4.78, 5) is 0. The summed E-state index contributed by atoms with van der Waals surface area (Å²) in [6, 6.07) is 8.46. The van der Waals surface area contributed by atoms with E-state index in [1.165, 1.54) is 17.5 Å². The number of aryl methyl sites for hydroxylation is 1. The van der Waals surface area contributed by atoms with Crippen molar-refractivity contribution in [2.24, 2.45) is 5.92 Å². The minimum absolute atomic E-state index is 0.243. The second-order valence-electron chi connectivity index (χ2n) is 5.53. The van der Waals surface area contributed by atoms with Crippen LogP contribution < -0.4 is 0 Å². The first-order chi connectivity index (χ1) is 8.22. The minimum Gasteiger partial charge on any atom is -0.392 e. The van der Waals surface area contributed by atoms with Crippen LogP contribution >= 0.6 is 0 Å². The molecular weight excluding hydrogens is 212 g/mol. The molecule has 2 aliphatic heterocycles. The number of benzene rings is 1. The Hall–Kier alpha value is -0.860.